The normalized spacial score (nSPS) is 13.7. The quantitative estimate of drug-likeness (QED) is 0.182. The molecule has 1 saturated carbocycles. The van der Waals surface area contributed by atoms with Crippen LogP contribution in [0.5, 0.6) is 5.75 Å². The van der Waals surface area contributed by atoms with E-state index in [0.717, 1.165) is 12.8 Å². The minimum absolute atomic E-state index is 0.00451. The molecule has 1 amide bonds. The van der Waals surface area contributed by atoms with Crippen molar-refractivity contribution < 1.29 is 28.6 Å². The Kier molecular flexibility index (Phi) is 10.3. The van der Waals surface area contributed by atoms with Crippen molar-refractivity contribution in [3.63, 3.8) is 0 Å². The summed E-state index contributed by atoms with van der Waals surface area (Å²) in [6.07, 6.45) is 6.66. The molecule has 1 aliphatic carbocycles. The number of amides is 1. The largest absolute Gasteiger partial charge is 0.491 e. The molecule has 0 radical (unpaired) electrons. The summed E-state index contributed by atoms with van der Waals surface area (Å²) in [5, 5.41) is 16.5. The molecular formula is C29H33ClFN5O5. The number of ether oxygens (including phenoxy) is 2. The molecule has 218 valence electrons. The van der Waals surface area contributed by atoms with Gasteiger partial charge in [-0.1, -0.05) is 17.7 Å². The van der Waals surface area contributed by atoms with E-state index < -0.39 is 23.7 Å². The molecule has 1 atom stereocenters. The number of nitrogens with one attached hydrogen (secondary N) is 2. The van der Waals surface area contributed by atoms with Crippen LogP contribution in [-0.2, 0) is 14.3 Å². The van der Waals surface area contributed by atoms with Crippen molar-refractivity contribution in [1.29, 1.82) is 0 Å². The fraction of sp³-hybridized carbons (Fsp3) is 0.379. The number of aliphatic hydroxyl groups is 1. The molecule has 3 aromatic rings. The van der Waals surface area contributed by atoms with Crippen molar-refractivity contribution >= 4 is 51.6 Å². The standard InChI is InChI=1S/C29H33ClFN5O5/c1-3-40-29(39)18(2)36(11-12-37)27(38)5-4-10-32-25-14-21-24(15-26(25)41-16-19-6-7-19)33-17-34-28(21)35-20-8-9-23(31)22(30)13-20/h4-5,8-9,13-15,17-19,32,37H,3,6-7,10-12,16H2,1-2H3,(H,33,34,35). The second-order valence-electron chi connectivity index (χ2n) is 9.56. The third kappa shape index (κ3) is 8.05. The van der Waals surface area contributed by atoms with Gasteiger partial charge in [0.2, 0.25) is 5.91 Å². The SMILES string of the molecule is CCOC(=O)C(C)N(CCO)C(=O)C=CCNc1cc2c(Nc3ccc(F)c(Cl)c3)ncnc2cc1OCC1CC1. The Bertz CT molecular complexity index is 1420. The Labute approximate surface area is 242 Å². The molecule has 0 spiro atoms. The van der Waals surface area contributed by atoms with Gasteiger partial charge < -0.3 is 30.1 Å². The highest BCUT2D eigenvalue weighted by Crippen LogP contribution is 2.36. The lowest BCUT2D eigenvalue weighted by atomic mass is 10.1. The summed E-state index contributed by atoms with van der Waals surface area (Å²) in [5.41, 5.74) is 1.87. The zero-order chi connectivity index (χ0) is 29.4. The molecule has 3 N–H and O–H groups in total. The molecule has 1 heterocycles. The summed E-state index contributed by atoms with van der Waals surface area (Å²) < 4.78 is 24.8. The number of hydrogen-bond donors (Lipinski definition) is 3. The van der Waals surface area contributed by atoms with E-state index >= 15 is 0 Å². The van der Waals surface area contributed by atoms with Gasteiger partial charge in [0.05, 0.1) is 36.0 Å². The third-order valence-electron chi connectivity index (χ3n) is 6.48. The van der Waals surface area contributed by atoms with E-state index in [4.69, 9.17) is 21.1 Å². The van der Waals surface area contributed by atoms with Gasteiger partial charge in [0.1, 0.15) is 29.8 Å². The van der Waals surface area contributed by atoms with Gasteiger partial charge in [0.25, 0.3) is 0 Å². The number of carbonyl (C=O) groups excluding carboxylic acids is 2. The molecule has 1 aromatic heterocycles. The second-order valence-corrected chi connectivity index (χ2v) is 9.97. The number of nitrogens with zero attached hydrogens (tertiary/aromatic N) is 3. The van der Waals surface area contributed by atoms with E-state index in [9.17, 15) is 19.1 Å². The van der Waals surface area contributed by atoms with Crippen molar-refractivity contribution in [2.45, 2.75) is 32.7 Å². The van der Waals surface area contributed by atoms with Crippen molar-refractivity contribution in [3.05, 3.63) is 59.7 Å². The lowest BCUT2D eigenvalue weighted by Gasteiger charge is -2.25. The van der Waals surface area contributed by atoms with Crippen LogP contribution in [0.15, 0.2) is 48.8 Å². The summed E-state index contributed by atoms with van der Waals surface area (Å²) in [4.78, 5) is 34.9. The van der Waals surface area contributed by atoms with Gasteiger partial charge in [-0.15, -0.1) is 0 Å². The second kappa shape index (κ2) is 14.1. The van der Waals surface area contributed by atoms with Gasteiger partial charge in [-0.2, -0.15) is 0 Å². The Balaban J connectivity index is 1.53. The van der Waals surface area contributed by atoms with Crippen molar-refractivity contribution in [2.75, 3.05) is 43.5 Å². The molecule has 12 heteroatoms. The summed E-state index contributed by atoms with van der Waals surface area (Å²) in [5.74, 6) is 0.145. The number of hydrogen-bond acceptors (Lipinski definition) is 9. The molecule has 0 aliphatic heterocycles. The van der Waals surface area contributed by atoms with E-state index in [2.05, 4.69) is 20.6 Å². The van der Waals surface area contributed by atoms with Gasteiger partial charge in [-0.3, -0.25) is 4.79 Å². The molecule has 41 heavy (non-hydrogen) atoms. The first kappa shape index (κ1) is 30.0. The molecule has 1 aliphatic rings. The predicted molar refractivity (Wildman–Crippen MR) is 155 cm³/mol. The van der Waals surface area contributed by atoms with Gasteiger partial charge in [0.15, 0.2) is 0 Å². The van der Waals surface area contributed by atoms with E-state index in [1.165, 1.54) is 29.4 Å². The number of esters is 1. The smallest absolute Gasteiger partial charge is 0.328 e. The number of aliphatic hydroxyl groups excluding tert-OH is 1. The summed E-state index contributed by atoms with van der Waals surface area (Å²) in [7, 11) is 0. The van der Waals surface area contributed by atoms with Crippen LogP contribution in [0.3, 0.4) is 0 Å². The predicted octanol–water partition coefficient (Wildman–Crippen LogP) is 4.70. The molecular weight excluding hydrogens is 553 g/mol. The number of carbonyl (C=O) groups is 2. The Morgan fingerprint density at radius 3 is 2.78 bits per heavy atom. The maximum Gasteiger partial charge on any atom is 0.328 e. The molecule has 10 nitrogen and oxygen atoms in total. The van der Waals surface area contributed by atoms with E-state index in [1.54, 1.807) is 26.0 Å². The average Bonchev–Trinajstić information content (AvgIpc) is 3.79. The number of anilines is 3. The van der Waals surface area contributed by atoms with E-state index in [-0.39, 0.29) is 31.3 Å². The topological polar surface area (TPSA) is 126 Å². The van der Waals surface area contributed by atoms with E-state index in [1.807, 2.05) is 12.1 Å². The zero-order valence-electron chi connectivity index (χ0n) is 22.9. The first-order valence-corrected chi connectivity index (χ1v) is 13.8. The van der Waals surface area contributed by atoms with Crippen molar-refractivity contribution in [3.8, 4) is 5.75 Å². The van der Waals surface area contributed by atoms with Crippen LogP contribution in [0.4, 0.5) is 21.6 Å². The van der Waals surface area contributed by atoms with Gasteiger partial charge in [-0.05, 0) is 56.9 Å². The highest BCUT2D eigenvalue weighted by molar-refractivity contribution is 6.31. The lowest BCUT2D eigenvalue weighted by molar-refractivity contribution is -0.153. The highest BCUT2D eigenvalue weighted by atomic mass is 35.5. The van der Waals surface area contributed by atoms with Crippen LogP contribution in [0.2, 0.25) is 5.02 Å². The Morgan fingerprint density at radius 1 is 1.27 bits per heavy atom. The van der Waals surface area contributed by atoms with Gasteiger partial charge >= 0.3 is 5.97 Å². The maximum absolute atomic E-state index is 13.6. The lowest BCUT2D eigenvalue weighted by Crippen LogP contribution is -2.44. The van der Waals surface area contributed by atoms with Crippen LogP contribution >= 0.6 is 11.6 Å². The number of rotatable bonds is 14. The minimum atomic E-state index is -0.836. The number of fused-ring (bicyclic) bond motifs is 1. The molecule has 1 unspecified atom stereocenters. The minimum Gasteiger partial charge on any atom is -0.491 e. The number of aromatic nitrogens is 2. The van der Waals surface area contributed by atoms with E-state index in [0.29, 0.717) is 46.4 Å². The number of benzene rings is 2. The number of halogens is 2. The molecule has 1 fully saturated rings. The molecule has 4 rings (SSSR count). The zero-order valence-corrected chi connectivity index (χ0v) is 23.7. The Morgan fingerprint density at radius 2 is 2.07 bits per heavy atom. The van der Waals surface area contributed by atoms with Crippen LogP contribution in [0, 0.1) is 11.7 Å². The van der Waals surface area contributed by atoms with Crippen molar-refractivity contribution in [1.82, 2.24) is 14.9 Å². The van der Waals surface area contributed by atoms with Gasteiger partial charge in [0, 0.05) is 36.3 Å². The van der Waals surface area contributed by atoms with Crippen LogP contribution in [-0.4, -0.2) is 70.8 Å². The van der Waals surface area contributed by atoms with Crippen molar-refractivity contribution in [2.24, 2.45) is 5.92 Å². The fourth-order valence-corrected chi connectivity index (χ4v) is 4.24. The molecule has 2 aromatic carbocycles. The van der Waals surface area contributed by atoms with Gasteiger partial charge in [-0.25, -0.2) is 19.2 Å². The summed E-state index contributed by atoms with van der Waals surface area (Å²) in [6, 6.07) is 7.14. The molecule has 0 saturated heterocycles. The molecule has 0 bridgehead atoms. The Hall–Kier alpha value is -3.96. The summed E-state index contributed by atoms with van der Waals surface area (Å²) in [6.45, 7) is 4.00. The first-order valence-electron chi connectivity index (χ1n) is 13.4. The van der Waals surface area contributed by atoms with Crippen LogP contribution in [0.25, 0.3) is 10.9 Å². The highest BCUT2D eigenvalue weighted by Gasteiger charge is 2.25. The van der Waals surface area contributed by atoms with Crippen LogP contribution in [0.1, 0.15) is 26.7 Å². The maximum atomic E-state index is 13.6. The van der Waals surface area contributed by atoms with Crippen LogP contribution < -0.4 is 15.4 Å². The average molecular weight is 586 g/mol. The summed E-state index contributed by atoms with van der Waals surface area (Å²) >= 11 is 5.94. The monoisotopic (exact) mass is 585 g/mol. The third-order valence-corrected chi connectivity index (χ3v) is 6.77. The fourth-order valence-electron chi connectivity index (χ4n) is 4.06. The first-order chi connectivity index (χ1) is 19.8.